The number of nitrogens with one attached hydrogen (secondary N) is 2. The van der Waals surface area contributed by atoms with E-state index >= 15 is 0 Å². The molecule has 1 saturated heterocycles. The van der Waals surface area contributed by atoms with Crippen LogP contribution in [0, 0.1) is 0 Å². The third-order valence-electron chi connectivity index (χ3n) is 4.71. The fourth-order valence-corrected chi connectivity index (χ4v) is 3.04. The Morgan fingerprint density at radius 2 is 2.04 bits per heavy atom. The lowest BCUT2D eigenvalue weighted by atomic mass is 10.2. The van der Waals surface area contributed by atoms with Crippen molar-refractivity contribution in [3.63, 3.8) is 0 Å². The maximum Gasteiger partial charge on any atom is 0.191 e. The van der Waals surface area contributed by atoms with Crippen molar-refractivity contribution in [2.45, 2.75) is 26.0 Å². The van der Waals surface area contributed by atoms with E-state index in [0.29, 0.717) is 12.6 Å². The molecule has 2 N–H and O–H groups in total. The first-order chi connectivity index (χ1) is 13.0. The fraction of sp³-hybridized carbons (Fsp3) is 0.650. The van der Waals surface area contributed by atoms with Crippen molar-refractivity contribution in [3.8, 4) is 11.5 Å². The van der Waals surface area contributed by atoms with Crippen LogP contribution in [-0.2, 0) is 0 Å². The third kappa shape index (κ3) is 7.27. The number of hydrogen-bond acceptors (Lipinski definition) is 5. The van der Waals surface area contributed by atoms with E-state index in [-0.39, 0.29) is 6.10 Å². The van der Waals surface area contributed by atoms with E-state index in [1.807, 2.05) is 31.2 Å². The smallest absolute Gasteiger partial charge is 0.191 e. The molecule has 0 spiro atoms. The molecule has 7 heteroatoms. The van der Waals surface area contributed by atoms with Crippen molar-refractivity contribution in [1.82, 2.24) is 20.4 Å². The summed E-state index contributed by atoms with van der Waals surface area (Å²) in [4.78, 5) is 9.47. The molecule has 0 aromatic heterocycles. The molecule has 7 nitrogen and oxygen atoms in total. The predicted molar refractivity (Wildman–Crippen MR) is 111 cm³/mol. The Morgan fingerprint density at radius 3 is 2.78 bits per heavy atom. The number of ether oxygens (including phenoxy) is 2. The largest absolute Gasteiger partial charge is 0.497 e. The summed E-state index contributed by atoms with van der Waals surface area (Å²) >= 11 is 0. The molecule has 152 valence electrons. The molecule has 1 aliphatic rings. The second-order valence-corrected chi connectivity index (χ2v) is 7.10. The van der Waals surface area contributed by atoms with E-state index in [9.17, 15) is 0 Å². The summed E-state index contributed by atoms with van der Waals surface area (Å²) in [5.74, 6) is 2.42. The molecule has 1 fully saturated rings. The number of hydrogen-bond donors (Lipinski definition) is 2. The van der Waals surface area contributed by atoms with Crippen molar-refractivity contribution < 1.29 is 9.47 Å². The Balaban J connectivity index is 1.85. The standard InChI is InChI=1S/C20H35N5O2/c1-6-21-20(23-14-17-15-24(3)10-11-25(17)4)22-13-16(2)27-19-9-7-8-18(12-19)26-5/h7-9,12,16-17H,6,10-11,13-15H2,1-5H3,(H2,21,22,23). The molecule has 0 bridgehead atoms. The molecule has 2 unspecified atom stereocenters. The van der Waals surface area contributed by atoms with Gasteiger partial charge in [0.25, 0.3) is 0 Å². The van der Waals surface area contributed by atoms with Gasteiger partial charge >= 0.3 is 0 Å². The van der Waals surface area contributed by atoms with Crippen LogP contribution in [-0.4, -0.2) is 88.4 Å². The number of methoxy groups -OCH3 is 1. The van der Waals surface area contributed by atoms with Crippen LogP contribution in [0.25, 0.3) is 0 Å². The summed E-state index contributed by atoms with van der Waals surface area (Å²) in [7, 11) is 6.02. The first-order valence-electron chi connectivity index (χ1n) is 9.73. The monoisotopic (exact) mass is 377 g/mol. The first-order valence-corrected chi connectivity index (χ1v) is 9.73. The van der Waals surface area contributed by atoms with Gasteiger partial charge in [-0.3, -0.25) is 4.90 Å². The molecule has 1 aromatic rings. The molecule has 1 aromatic carbocycles. The van der Waals surface area contributed by atoms with Crippen LogP contribution in [0.5, 0.6) is 11.5 Å². The van der Waals surface area contributed by atoms with Crippen molar-refractivity contribution >= 4 is 5.96 Å². The number of rotatable bonds is 8. The van der Waals surface area contributed by atoms with Crippen molar-refractivity contribution in [1.29, 1.82) is 0 Å². The predicted octanol–water partition coefficient (Wildman–Crippen LogP) is 1.26. The molecule has 0 amide bonds. The maximum atomic E-state index is 5.95. The van der Waals surface area contributed by atoms with Crippen molar-refractivity contribution in [2.75, 3.05) is 60.5 Å². The molecule has 0 radical (unpaired) electrons. The minimum Gasteiger partial charge on any atom is -0.497 e. The number of nitrogens with zero attached hydrogens (tertiary/aromatic N) is 3. The van der Waals surface area contributed by atoms with Crippen LogP contribution >= 0.6 is 0 Å². The van der Waals surface area contributed by atoms with Crippen molar-refractivity contribution in [3.05, 3.63) is 24.3 Å². The minimum atomic E-state index is -0.0314. The molecule has 2 rings (SSSR count). The van der Waals surface area contributed by atoms with Crippen LogP contribution in [0.1, 0.15) is 13.8 Å². The van der Waals surface area contributed by atoms with E-state index in [2.05, 4.69) is 46.4 Å². The van der Waals surface area contributed by atoms with Crippen LogP contribution in [0.3, 0.4) is 0 Å². The van der Waals surface area contributed by atoms with Gasteiger partial charge in [0.15, 0.2) is 5.96 Å². The average molecular weight is 378 g/mol. The molecule has 2 atom stereocenters. The molecule has 27 heavy (non-hydrogen) atoms. The lowest BCUT2D eigenvalue weighted by molar-refractivity contribution is 0.116. The Hall–Kier alpha value is -1.99. The van der Waals surface area contributed by atoms with Gasteiger partial charge in [-0.05, 0) is 40.1 Å². The van der Waals surface area contributed by atoms with Gasteiger partial charge in [0, 0.05) is 44.8 Å². The van der Waals surface area contributed by atoms with Gasteiger partial charge in [0.2, 0.25) is 0 Å². The van der Waals surface area contributed by atoms with E-state index < -0.39 is 0 Å². The summed E-state index contributed by atoms with van der Waals surface area (Å²) in [6.45, 7) is 9.67. The average Bonchev–Trinajstić information content (AvgIpc) is 2.66. The Bertz CT molecular complexity index is 595. The van der Waals surface area contributed by atoms with Crippen molar-refractivity contribution in [2.24, 2.45) is 4.99 Å². The van der Waals surface area contributed by atoms with E-state index in [4.69, 9.17) is 9.47 Å². The summed E-state index contributed by atoms with van der Waals surface area (Å²) in [6.07, 6.45) is -0.0314. The number of benzene rings is 1. The SMILES string of the molecule is CCNC(=NCC(C)Oc1cccc(OC)c1)NCC1CN(C)CCN1C. The van der Waals surface area contributed by atoms with E-state index in [1.165, 1.54) is 0 Å². The molecular weight excluding hydrogens is 342 g/mol. The lowest BCUT2D eigenvalue weighted by Crippen LogP contribution is -2.55. The Labute approximate surface area is 163 Å². The van der Waals surface area contributed by atoms with Gasteiger partial charge in [-0.25, -0.2) is 4.99 Å². The van der Waals surface area contributed by atoms with Gasteiger partial charge in [-0.1, -0.05) is 6.07 Å². The van der Waals surface area contributed by atoms with Crippen LogP contribution in [0.2, 0.25) is 0 Å². The molecule has 1 aliphatic heterocycles. The normalized spacial score (nSPS) is 20.2. The third-order valence-corrected chi connectivity index (χ3v) is 4.71. The summed E-state index contributed by atoms with van der Waals surface area (Å²) in [5.41, 5.74) is 0. The van der Waals surface area contributed by atoms with Gasteiger partial charge in [0.1, 0.15) is 17.6 Å². The number of likely N-dealkylation sites (N-methyl/N-ethyl adjacent to an activating group) is 2. The molecular formula is C20H35N5O2. The number of guanidine groups is 1. The summed E-state index contributed by atoms with van der Waals surface area (Å²) in [6, 6.07) is 8.13. The first kappa shape index (κ1) is 21.3. The fourth-order valence-electron chi connectivity index (χ4n) is 3.04. The quantitative estimate of drug-likeness (QED) is 0.525. The minimum absolute atomic E-state index is 0.0314. The highest BCUT2D eigenvalue weighted by molar-refractivity contribution is 5.79. The van der Waals surface area contributed by atoms with Gasteiger partial charge in [0.05, 0.1) is 13.7 Å². The van der Waals surface area contributed by atoms with E-state index in [0.717, 1.165) is 50.2 Å². The lowest BCUT2D eigenvalue weighted by Gasteiger charge is -2.37. The highest BCUT2D eigenvalue weighted by atomic mass is 16.5. The Morgan fingerprint density at radius 1 is 1.26 bits per heavy atom. The summed E-state index contributed by atoms with van der Waals surface area (Å²) < 4.78 is 11.2. The highest BCUT2D eigenvalue weighted by Gasteiger charge is 2.22. The highest BCUT2D eigenvalue weighted by Crippen LogP contribution is 2.19. The zero-order valence-electron chi connectivity index (χ0n) is 17.4. The second kappa shape index (κ2) is 11.0. The molecule has 0 aliphatic carbocycles. The maximum absolute atomic E-state index is 5.95. The number of aliphatic imine (C=N–C) groups is 1. The zero-order valence-corrected chi connectivity index (χ0v) is 17.4. The van der Waals surface area contributed by atoms with Crippen LogP contribution < -0.4 is 20.1 Å². The second-order valence-electron chi connectivity index (χ2n) is 7.10. The number of piperazine rings is 1. The zero-order chi connectivity index (χ0) is 19.6. The van der Waals surface area contributed by atoms with Crippen LogP contribution in [0.4, 0.5) is 0 Å². The topological polar surface area (TPSA) is 61.4 Å². The molecule has 0 saturated carbocycles. The van der Waals surface area contributed by atoms with Gasteiger partial charge in [-0.2, -0.15) is 0 Å². The van der Waals surface area contributed by atoms with Crippen LogP contribution in [0.15, 0.2) is 29.3 Å². The van der Waals surface area contributed by atoms with E-state index in [1.54, 1.807) is 7.11 Å². The summed E-state index contributed by atoms with van der Waals surface area (Å²) in [5, 5.41) is 6.79. The molecule has 1 heterocycles. The Kier molecular flexibility index (Phi) is 8.67. The van der Waals surface area contributed by atoms with Gasteiger partial charge < -0.3 is 25.0 Å². The van der Waals surface area contributed by atoms with Gasteiger partial charge in [-0.15, -0.1) is 0 Å².